The van der Waals surface area contributed by atoms with E-state index in [0.29, 0.717) is 18.9 Å². The molecule has 1 atom stereocenters. The van der Waals surface area contributed by atoms with Crippen LogP contribution in [-0.2, 0) is 16.1 Å². The fourth-order valence-electron chi connectivity index (χ4n) is 1.52. The number of hydrogen-bond acceptors (Lipinski definition) is 4. The molecule has 0 spiro atoms. The van der Waals surface area contributed by atoms with E-state index in [1.165, 1.54) is 0 Å². The zero-order valence-electron chi connectivity index (χ0n) is 10.8. The Morgan fingerprint density at radius 1 is 1.50 bits per heavy atom. The van der Waals surface area contributed by atoms with Crippen molar-refractivity contribution in [3.05, 3.63) is 29.8 Å². The van der Waals surface area contributed by atoms with Gasteiger partial charge < -0.3 is 20.5 Å². The quantitative estimate of drug-likeness (QED) is 0.748. The molecule has 0 bridgehead atoms. The summed E-state index contributed by atoms with van der Waals surface area (Å²) in [6.45, 7) is 2.79. The van der Waals surface area contributed by atoms with Gasteiger partial charge in [-0.25, -0.2) is 0 Å². The highest BCUT2D eigenvalue weighted by Gasteiger charge is 2.07. The summed E-state index contributed by atoms with van der Waals surface area (Å²) in [5.41, 5.74) is 6.50. The highest BCUT2D eigenvalue weighted by atomic mass is 16.5. The third kappa shape index (κ3) is 5.16. The largest absolute Gasteiger partial charge is 0.484 e. The number of amides is 1. The predicted molar refractivity (Wildman–Crippen MR) is 69.3 cm³/mol. The molecular formula is C13H20N2O3. The number of benzene rings is 1. The number of hydrogen-bond donors (Lipinski definition) is 2. The van der Waals surface area contributed by atoms with Gasteiger partial charge in [0.2, 0.25) is 0 Å². The molecule has 0 fully saturated rings. The molecule has 0 saturated heterocycles. The van der Waals surface area contributed by atoms with Crippen LogP contribution in [0.2, 0.25) is 0 Å². The van der Waals surface area contributed by atoms with E-state index in [1.54, 1.807) is 13.2 Å². The van der Waals surface area contributed by atoms with E-state index in [-0.39, 0.29) is 18.6 Å². The first-order valence-electron chi connectivity index (χ1n) is 5.85. The van der Waals surface area contributed by atoms with Crippen LogP contribution in [0.15, 0.2) is 24.3 Å². The van der Waals surface area contributed by atoms with Gasteiger partial charge in [0.15, 0.2) is 6.61 Å². The number of carbonyl (C=O) groups is 1. The number of nitrogens with one attached hydrogen (secondary N) is 1. The van der Waals surface area contributed by atoms with Gasteiger partial charge >= 0.3 is 0 Å². The molecule has 3 N–H and O–H groups in total. The number of nitrogens with two attached hydrogens (primary N) is 1. The van der Waals surface area contributed by atoms with Gasteiger partial charge in [0.05, 0.1) is 6.61 Å². The Morgan fingerprint density at radius 3 is 2.94 bits per heavy atom. The average molecular weight is 252 g/mol. The van der Waals surface area contributed by atoms with Crippen molar-refractivity contribution in [1.82, 2.24) is 5.32 Å². The van der Waals surface area contributed by atoms with Gasteiger partial charge in [-0.05, 0) is 24.6 Å². The normalized spacial score (nSPS) is 11.9. The van der Waals surface area contributed by atoms with E-state index in [9.17, 15) is 4.79 Å². The molecule has 1 rings (SSSR count). The maximum absolute atomic E-state index is 11.5. The first kappa shape index (κ1) is 14.5. The predicted octanol–water partition coefficient (Wildman–Crippen LogP) is 0.675. The Bertz CT molecular complexity index is 382. The Kier molecular flexibility index (Phi) is 6.18. The lowest BCUT2D eigenvalue weighted by Gasteiger charge is -2.13. The van der Waals surface area contributed by atoms with Gasteiger partial charge in [0, 0.05) is 19.7 Å². The summed E-state index contributed by atoms with van der Waals surface area (Å²) >= 11 is 0. The number of methoxy groups -OCH3 is 1. The number of rotatable bonds is 7. The van der Waals surface area contributed by atoms with E-state index in [1.807, 2.05) is 25.1 Å². The molecule has 1 aromatic rings. The standard InChI is InChI=1S/C13H20N2O3/c1-10(8-17-2)15-13(16)9-18-12-5-3-4-11(6-12)7-14/h3-6,10H,7-9,14H2,1-2H3,(H,15,16). The van der Waals surface area contributed by atoms with E-state index in [0.717, 1.165) is 5.56 Å². The van der Waals surface area contributed by atoms with Crippen LogP contribution in [0.5, 0.6) is 5.75 Å². The summed E-state index contributed by atoms with van der Waals surface area (Å²) in [6, 6.07) is 7.36. The minimum atomic E-state index is -0.169. The number of ether oxygens (including phenoxy) is 2. The molecule has 1 unspecified atom stereocenters. The monoisotopic (exact) mass is 252 g/mol. The summed E-state index contributed by atoms with van der Waals surface area (Å²) in [5.74, 6) is 0.477. The maximum Gasteiger partial charge on any atom is 0.258 e. The van der Waals surface area contributed by atoms with Crippen LogP contribution in [-0.4, -0.2) is 32.3 Å². The van der Waals surface area contributed by atoms with Crippen LogP contribution in [0.1, 0.15) is 12.5 Å². The highest BCUT2D eigenvalue weighted by Crippen LogP contribution is 2.12. The second-order valence-electron chi connectivity index (χ2n) is 4.06. The molecule has 0 heterocycles. The van der Waals surface area contributed by atoms with E-state index < -0.39 is 0 Å². The van der Waals surface area contributed by atoms with Crippen molar-refractivity contribution < 1.29 is 14.3 Å². The lowest BCUT2D eigenvalue weighted by molar-refractivity contribution is -0.124. The Balaban J connectivity index is 2.37. The minimum absolute atomic E-state index is 0.0118. The molecule has 18 heavy (non-hydrogen) atoms. The molecule has 1 amide bonds. The molecule has 100 valence electrons. The fraction of sp³-hybridized carbons (Fsp3) is 0.462. The van der Waals surface area contributed by atoms with E-state index >= 15 is 0 Å². The molecule has 5 heteroatoms. The molecule has 0 aliphatic carbocycles. The van der Waals surface area contributed by atoms with Crippen LogP contribution in [0.3, 0.4) is 0 Å². The fourth-order valence-corrected chi connectivity index (χ4v) is 1.52. The SMILES string of the molecule is COCC(C)NC(=O)COc1cccc(CN)c1. The van der Waals surface area contributed by atoms with Crippen molar-refractivity contribution in [3.63, 3.8) is 0 Å². The molecule has 0 aliphatic rings. The summed E-state index contributed by atoms with van der Waals surface area (Å²) in [5, 5.41) is 2.77. The van der Waals surface area contributed by atoms with Crippen molar-refractivity contribution in [2.45, 2.75) is 19.5 Å². The molecule has 5 nitrogen and oxygen atoms in total. The van der Waals surface area contributed by atoms with Gasteiger partial charge in [-0.2, -0.15) is 0 Å². The molecule has 0 radical (unpaired) electrons. The first-order valence-corrected chi connectivity index (χ1v) is 5.85. The first-order chi connectivity index (χ1) is 8.65. The minimum Gasteiger partial charge on any atom is -0.484 e. The van der Waals surface area contributed by atoms with E-state index in [2.05, 4.69) is 5.32 Å². The Labute approximate surface area is 107 Å². The Morgan fingerprint density at radius 2 is 2.28 bits per heavy atom. The van der Waals surface area contributed by atoms with Gasteiger partial charge in [-0.15, -0.1) is 0 Å². The van der Waals surface area contributed by atoms with E-state index in [4.69, 9.17) is 15.2 Å². The molecule has 1 aromatic carbocycles. The second kappa shape index (κ2) is 7.68. The smallest absolute Gasteiger partial charge is 0.258 e. The van der Waals surface area contributed by atoms with Crippen LogP contribution in [0.4, 0.5) is 0 Å². The second-order valence-corrected chi connectivity index (χ2v) is 4.06. The third-order valence-corrected chi connectivity index (χ3v) is 2.33. The van der Waals surface area contributed by atoms with Crippen molar-refractivity contribution in [3.8, 4) is 5.75 Å². The maximum atomic E-state index is 11.5. The molecular weight excluding hydrogens is 232 g/mol. The lowest BCUT2D eigenvalue weighted by atomic mass is 10.2. The van der Waals surface area contributed by atoms with Crippen molar-refractivity contribution in [1.29, 1.82) is 0 Å². The van der Waals surface area contributed by atoms with Crippen LogP contribution in [0, 0.1) is 0 Å². The van der Waals surface area contributed by atoms with Crippen molar-refractivity contribution in [2.24, 2.45) is 5.73 Å². The van der Waals surface area contributed by atoms with Gasteiger partial charge in [0.1, 0.15) is 5.75 Å². The number of carbonyl (C=O) groups excluding carboxylic acids is 1. The van der Waals surface area contributed by atoms with Crippen LogP contribution >= 0.6 is 0 Å². The summed E-state index contributed by atoms with van der Waals surface area (Å²) in [6.07, 6.45) is 0. The molecule has 0 aliphatic heterocycles. The van der Waals surface area contributed by atoms with Crippen LogP contribution in [0.25, 0.3) is 0 Å². The molecule has 0 aromatic heterocycles. The third-order valence-electron chi connectivity index (χ3n) is 2.33. The Hall–Kier alpha value is -1.59. The lowest BCUT2D eigenvalue weighted by Crippen LogP contribution is -2.38. The summed E-state index contributed by atoms with van der Waals surface area (Å²) < 4.78 is 10.3. The van der Waals surface area contributed by atoms with Gasteiger partial charge in [-0.3, -0.25) is 4.79 Å². The van der Waals surface area contributed by atoms with Crippen molar-refractivity contribution in [2.75, 3.05) is 20.3 Å². The zero-order chi connectivity index (χ0) is 13.4. The van der Waals surface area contributed by atoms with Crippen LogP contribution < -0.4 is 15.8 Å². The van der Waals surface area contributed by atoms with Crippen molar-refractivity contribution >= 4 is 5.91 Å². The average Bonchev–Trinajstić information content (AvgIpc) is 2.37. The molecule has 0 saturated carbocycles. The van der Waals surface area contributed by atoms with Gasteiger partial charge in [0.25, 0.3) is 5.91 Å². The zero-order valence-corrected chi connectivity index (χ0v) is 10.8. The topological polar surface area (TPSA) is 73.6 Å². The van der Waals surface area contributed by atoms with Gasteiger partial charge in [-0.1, -0.05) is 12.1 Å². The highest BCUT2D eigenvalue weighted by molar-refractivity contribution is 5.77. The summed E-state index contributed by atoms with van der Waals surface area (Å²) in [4.78, 5) is 11.5. The summed E-state index contributed by atoms with van der Waals surface area (Å²) in [7, 11) is 1.59.